The number of aryl methyl sites for hydroxylation is 2. The monoisotopic (exact) mass is 493 g/mol. The molecule has 1 atom stereocenters. The largest absolute Gasteiger partial charge is 0.464 e. The molecule has 0 radical (unpaired) electrons. The zero-order valence-corrected chi connectivity index (χ0v) is 20.9. The van der Waals surface area contributed by atoms with Gasteiger partial charge in [0.05, 0.1) is 11.4 Å². The Bertz CT molecular complexity index is 1160. The van der Waals surface area contributed by atoms with E-state index in [1.165, 1.54) is 16.2 Å². The number of benzene rings is 1. The Kier molecular flexibility index (Phi) is 8.02. The zero-order chi connectivity index (χ0) is 24.8. The van der Waals surface area contributed by atoms with Crippen molar-refractivity contribution in [3.8, 4) is 0 Å². The summed E-state index contributed by atoms with van der Waals surface area (Å²) in [5, 5.41) is 7.66. The molecule has 1 aliphatic carbocycles. The minimum atomic E-state index is -0.997. The van der Waals surface area contributed by atoms with Crippen molar-refractivity contribution >= 4 is 34.7 Å². The summed E-state index contributed by atoms with van der Waals surface area (Å²) in [6, 6.07) is 13.6. The van der Waals surface area contributed by atoms with Crippen molar-refractivity contribution in [3.63, 3.8) is 0 Å². The van der Waals surface area contributed by atoms with E-state index in [-0.39, 0.29) is 24.4 Å². The number of nitrogens with one attached hydrogen (secondary N) is 2. The first-order chi connectivity index (χ1) is 17.0. The van der Waals surface area contributed by atoms with Gasteiger partial charge in [0.25, 0.3) is 11.8 Å². The molecule has 0 bridgehead atoms. The number of furan rings is 1. The predicted octanol–water partition coefficient (Wildman–Crippen LogP) is 4.78. The molecule has 1 aliphatic rings. The van der Waals surface area contributed by atoms with Crippen molar-refractivity contribution in [1.29, 1.82) is 0 Å². The Balaban J connectivity index is 1.70. The zero-order valence-electron chi connectivity index (χ0n) is 20.1. The molecule has 2 aromatic heterocycles. The molecule has 0 spiro atoms. The van der Waals surface area contributed by atoms with Crippen LogP contribution in [0.5, 0.6) is 0 Å². The summed E-state index contributed by atoms with van der Waals surface area (Å²) in [4.78, 5) is 42.0. The lowest BCUT2D eigenvalue weighted by Crippen LogP contribution is -2.49. The van der Waals surface area contributed by atoms with Crippen LogP contribution in [0.15, 0.2) is 58.3 Å². The van der Waals surface area contributed by atoms with Gasteiger partial charge in [-0.25, -0.2) is 0 Å². The molecule has 3 amide bonds. The molecule has 3 aromatic rings. The van der Waals surface area contributed by atoms with Gasteiger partial charge in [0, 0.05) is 11.7 Å². The van der Waals surface area contributed by atoms with Crippen molar-refractivity contribution in [2.45, 2.75) is 58.0 Å². The molecule has 7 nitrogen and oxygen atoms in total. The van der Waals surface area contributed by atoms with Gasteiger partial charge in [0.15, 0.2) is 6.04 Å². The molecule has 0 saturated heterocycles. The molecule has 1 aromatic carbocycles. The molecule has 1 fully saturated rings. The fraction of sp³-hybridized carbons (Fsp3) is 0.370. The highest BCUT2D eigenvalue weighted by atomic mass is 32.1. The third-order valence-corrected chi connectivity index (χ3v) is 7.15. The first-order valence-corrected chi connectivity index (χ1v) is 12.9. The van der Waals surface area contributed by atoms with Crippen LogP contribution in [-0.2, 0) is 16.0 Å². The van der Waals surface area contributed by atoms with E-state index in [1.807, 2.05) is 43.5 Å². The van der Waals surface area contributed by atoms with E-state index < -0.39 is 11.9 Å². The lowest BCUT2D eigenvalue weighted by molar-refractivity contribution is -0.127. The lowest BCUT2D eigenvalue weighted by Gasteiger charge is -2.32. The van der Waals surface area contributed by atoms with Crippen molar-refractivity contribution < 1.29 is 18.8 Å². The predicted molar refractivity (Wildman–Crippen MR) is 137 cm³/mol. The summed E-state index contributed by atoms with van der Waals surface area (Å²) in [7, 11) is 0. The maximum absolute atomic E-state index is 13.7. The number of rotatable bonds is 9. The molecular formula is C27H31N3O4S. The van der Waals surface area contributed by atoms with E-state index >= 15 is 0 Å². The Hall–Kier alpha value is -3.39. The van der Waals surface area contributed by atoms with E-state index in [0.29, 0.717) is 28.5 Å². The average molecular weight is 494 g/mol. The summed E-state index contributed by atoms with van der Waals surface area (Å²) < 4.78 is 5.90. The number of amides is 3. The van der Waals surface area contributed by atoms with Crippen molar-refractivity contribution in [2.24, 2.45) is 0 Å². The Labute approximate surface area is 209 Å². The molecule has 35 heavy (non-hydrogen) atoms. The number of nitrogens with zero attached hydrogens (tertiary/aromatic N) is 1. The van der Waals surface area contributed by atoms with Crippen molar-refractivity contribution in [1.82, 2.24) is 10.6 Å². The van der Waals surface area contributed by atoms with Gasteiger partial charge in [-0.05, 0) is 61.4 Å². The summed E-state index contributed by atoms with van der Waals surface area (Å²) in [6.45, 7) is 3.56. The maximum atomic E-state index is 13.7. The smallest absolute Gasteiger partial charge is 0.261 e. The van der Waals surface area contributed by atoms with E-state index in [4.69, 9.17) is 4.42 Å². The van der Waals surface area contributed by atoms with Crippen LogP contribution in [0.2, 0.25) is 0 Å². The van der Waals surface area contributed by atoms with Crippen LogP contribution in [0, 0.1) is 6.92 Å². The van der Waals surface area contributed by atoms with Crippen LogP contribution in [0.3, 0.4) is 0 Å². The molecule has 2 heterocycles. The number of hydrogen-bond donors (Lipinski definition) is 2. The Morgan fingerprint density at radius 1 is 1.09 bits per heavy atom. The quantitative estimate of drug-likeness (QED) is 0.449. The van der Waals surface area contributed by atoms with Crippen molar-refractivity contribution in [2.75, 3.05) is 11.4 Å². The van der Waals surface area contributed by atoms with Gasteiger partial charge in [-0.3, -0.25) is 19.3 Å². The molecule has 0 aliphatic heterocycles. The van der Waals surface area contributed by atoms with Crippen LogP contribution in [0.1, 0.15) is 65.4 Å². The third kappa shape index (κ3) is 5.82. The normalized spacial score (nSPS) is 14.5. The number of carbonyl (C=O) groups excluding carboxylic acids is 3. The van der Waals surface area contributed by atoms with Crippen molar-refractivity contribution in [3.05, 3.63) is 75.9 Å². The van der Waals surface area contributed by atoms with Gasteiger partial charge in [0.1, 0.15) is 11.5 Å². The van der Waals surface area contributed by atoms with Gasteiger partial charge >= 0.3 is 0 Å². The van der Waals surface area contributed by atoms with Gasteiger partial charge in [-0.2, -0.15) is 0 Å². The number of para-hydroxylation sites is 1. The van der Waals surface area contributed by atoms with Crippen LogP contribution in [0.4, 0.5) is 5.69 Å². The van der Waals surface area contributed by atoms with Crippen LogP contribution >= 0.6 is 11.3 Å². The lowest BCUT2D eigenvalue weighted by atomic mass is 10.0. The average Bonchev–Trinajstić information content (AvgIpc) is 3.64. The Morgan fingerprint density at radius 3 is 2.51 bits per heavy atom. The van der Waals surface area contributed by atoms with Crippen LogP contribution in [0.25, 0.3) is 0 Å². The molecule has 2 N–H and O–H groups in total. The summed E-state index contributed by atoms with van der Waals surface area (Å²) in [5.74, 6) is 0.0482. The molecule has 4 rings (SSSR count). The fourth-order valence-electron chi connectivity index (χ4n) is 4.52. The fourth-order valence-corrected chi connectivity index (χ4v) is 5.16. The molecule has 8 heteroatoms. The molecule has 1 unspecified atom stereocenters. The van der Waals surface area contributed by atoms with Crippen LogP contribution < -0.4 is 15.5 Å². The number of anilines is 1. The van der Waals surface area contributed by atoms with E-state index in [0.717, 1.165) is 31.2 Å². The second kappa shape index (κ2) is 11.4. The summed E-state index contributed by atoms with van der Waals surface area (Å²) in [5.41, 5.74) is 1.55. The third-order valence-electron chi connectivity index (χ3n) is 6.28. The summed E-state index contributed by atoms with van der Waals surface area (Å²) >= 11 is 1.31. The second-order valence-corrected chi connectivity index (χ2v) is 9.69. The van der Waals surface area contributed by atoms with Gasteiger partial charge < -0.3 is 15.1 Å². The highest BCUT2D eigenvalue weighted by molar-refractivity contribution is 7.12. The van der Waals surface area contributed by atoms with Gasteiger partial charge in [-0.15, -0.1) is 11.3 Å². The van der Waals surface area contributed by atoms with Gasteiger partial charge in [-0.1, -0.05) is 44.0 Å². The first kappa shape index (κ1) is 24.7. The number of thiophene rings is 1. The summed E-state index contributed by atoms with van der Waals surface area (Å²) in [6.07, 6.45) is 4.67. The number of carbonyl (C=O) groups is 3. The minimum absolute atomic E-state index is 0.0814. The maximum Gasteiger partial charge on any atom is 0.261 e. The molecular weight excluding hydrogens is 462 g/mol. The molecule has 1 saturated carbocycles. The highest BCUT2D eigenvalue weighted by Crippen LogP contribution is 2.32. The van der Waals surface area contributed by atoms with Crippen LogP contribution in [-0.4, -0.2) is 30.3 Å². The standard InChI is InChI=1S/C27H31N3O4S/c1-3-19-9-4-7-12-21(19)30(24(31)17-28-26(32)23-13-8-16-35-23)25(22-15-14-18(2)34-22)27(33)29-20-10-5-6-11-20/h4,7-9,12-16,20,25H,3,5-6,10-11,17H2,1-2H3,(H,28,32)(H,29,33). The molecule has 184 valence electrons. The minimum Gasteiger partial charge on any atom is -0.464 e. The van der Waals surface area contributed by atoms with E-state index in [1.54, 1.807) is 24.3 Å². The first-order valence-electron chi connectivity index (χ1n) is 12.1. The van der Waals surface area contributed by atoms with Gasteiger partial charge in [0.2, 0.25) is 5.91 Å². The Morgan fingerprint density at radius 2 is 1.86 bits per heavy atom. The SMILES string of the molecule is CCc1ccccc1N(C(=O)CNC(=O)c1cccs1)C(C(=O)NC1CCCC1)c1ccc(C)o1. The topological polar surface area (TPSA) is 91.7 Å². The number of hydrogen-bond acceptors (Lipinski definition) is 5. The second-order valence-electron chi connectivity index (χ2n) is 8.75. The van der Waals surface area contributed by atoms with E-state index in [2.05, 4.69) is 10.6 Å². The van der Waals surface area contributed by atoms with E-state index in [9.17, 15) is 14.4 Å². The highest BCUT2D eigenvalue weighted by Gasteiger charge is 2.37.